The van der Waals surface area contributed by atoms with E-state index in [0.717, 1.165) is 37.7 Å². The van der Waals surface area contributed by atoms with Gasteiger partial charge in [0.05, 0.1) is 7.11 Å². The molecule has 1 saturated carbocycles. The molecule has 0 aromatic heterocycles. The number of ether oxygens (including phenoxy) is 1. The molecule has 22 heavy (non-hydrogen) atoms. The van der Waals surface area contributed by atoms with Gasteiger partial charge in [0.25, 0.3) is 0 Å². The van der Waals surface area contributed by atoms with Gasteiger partial charge >= 0.3 is 5.97 Å². The number of rotatable bonds is 7. The minimum absolute atomic E-state index is 0. The number of nitrogens with zero attached hydrogens (tertiary/aromatic N) is 1. The van der Waals surface area contributed by atoms with Crippen molar-refractivity contribution in [3.63, 3.8) is 0 Å². The van der Waals surface area contributed by atoms with Gasteiger partial charge in [-0.2, -0.15) is 0 Å². The molecule has 0 spiro atoms. The van der Waals surface area contributed by atoms with Crippen molar-refractivity contribution < 1.29 is 9.53 Å². The lowest BCUT2D eigenvalue weighted by molar-refractivity contribution is -0.140. The Balaban J connectivity index is 0.00000441. The zero-order chi connectivity index (χ0) is 15.5. The minimum Gasteiger partial charge on any atom is -0.469 e. The fourth-order valence-electron chi connectivity index (χ4n) is 2.67. The highest BCUT2D eigenvalue weighted by Crippen LogP contribution is 2.23. The second kappa shape index (κ2) is 13.0. The van der Waals surface area contributed by atoms with Crippen molar-refractivity contribution >= 4 is 35.9 Å². The highest BCUT2D eigenvalue weighted by molar-refractivity contribution is 14.0. The van der Waals surface area contributed by atoms with Crippen LogP contribution < -0.4 is 10.6 Å². The Labute approximate surface area is 152 Å². The quantitative estimate of drug-likeness (QED) is 0.216. The van der Waals surface area contributed by atoms with Gasteiger partial charge in [0.15, 0.2) is 5.96 Å². The van der Waals surface area contributed by atoms with E-state index in [4.69, 9.17) is 0 Å². The van der Waals surface area contributed by atoms with E-state index < -0.39 is 0 Å². The SMILES string of the molecule is CN=C(NCCCCCC(=O)OC)NC1CCC(C)CC1.I. The van der Waals surface area contributed by atoms with E-state index in [0.29, 0.717) is 12.5 Å². The highest BCUT2D eigenvalue weighted by Gasteiger charge is 2.18. The average Bonchev–Trinajstić information content (AvgIpc) is 2.51. The molecule has 0 aromatic rings. The third-order valence-corrected chi connectivity index (χ3v) is 4.16. The van der Waals surface area contributed by atoms with Crippen LogP contribution in [0.25, 0.3) is 0 Å². The number of carbonyl (C=O) groups excluding carboxylic acids is 1. The molecule has 0 atom stereocenters. The lowest BCUT2D eigenvalue weighted by Gasteiger charge is -2.28. The number of hydrogen-bond donors (Lipinski definition) is 2. The van der Waals surface area contributed by atoms with Crippen LogP contribution in [0.5, 0.6) is 0 Å². The standard InChI is InChI=1S/C16H31N3O2.HI/c1-13-8-10-14(11-9-13)19-16(17-2)18-12-6-4-5-7-15(20)21-3;/h13-14H,4-12H2,1-3H3,(H2,17,18,19);1H. The van der Waals surface area contributed by atoms with Crippen LogP contribution in [0.15, 0.2) is 4.99 Å². The fourth-order valence-corrected chi connectivity index (χ4v) is 2.67. The maximum Gasteiger partial charge on any atom is 0.305 e. The topological polar surface area (TPSA) is 62.7 Å². The summed E-state index contributed by atoms with van der Waals surface area (Å²) in [7, 11) is 3.25. The van der Waals surface area contributed by atoms with Crippen LogP contribution in [0.3, 0.4) is 0 Å². The first-order chi connectivity index (χ1) is 10.2. The number of nitrogens with one attached hydrogen (secondary N) is 2. The molecule has 6 heteroatoms. The van der Waals surface area contributed by atoms with E-state index in [1.165, 1.54) is 32.8 Å². The van der Waals surface area contributed by atoms with E-state index in [1.54, 1.807) is 0 Å². The van der Waals surface area contributed by atoms with Crippen LogP contribution in [-0.4, -0.2) is 38.7 Å². The first-order valence-corrected chi connectivity index (χ1v) is 8.19. The van der Waals surface area contributed by atoms with Crippen molar-refractivity contribution in [3.8, 4) is 0 Å². The van der Waals surface area contributed by atoms with Crippen molar-refractivity contribution in [2.24, 2.45) is 10.9 Å². The maximum atomic E-state index is 11.0. The predicted octanol–water partition coefficient (Wildman–Crippen LogP) is 3.08. The molecule has 5 nitrogen and oxygen atoms in total. The summed E-state index contributed by atoms with van der Waals surface area (Å²) in [6.07, 6.45) is 8.57. The number of unbranched alkanes of at least 4 members (excludes halogenated alkanes) is 2. The molecule has 0 radical (unpaired) electrons. The first kappa shape index (κ1) is 21.5. The van der Waals surface area contributed by atoms with Crippen LogP contribution in [0, 0.1) is 5.92 Å². The molecule has 0 unspecified atom stereocenters. The lowest BCUT2D eigenvalue weighted by Crippen LogP contribution is -2.44. The fraction of sp³-hybridized carbons (Fsp3) is 0.875. The number of guanidine groups is 1. The summed E-state index contributed by atoms with van der Waals surface area (Å²) in [5.41, 5.74) is 0. The van der Waals surface area contributed by atoms with Crippen LogP contribution in [0.2, 0.25) is 0 Å². The lowest BCUT2D eigenvalue weighted by atomic mass is 9.87. The number of esters is 1. The molecular weight excluding hydrogens is 393 g/mol. The van der Waals surface area contributed by atoms with Gasteiger partial charge in [-0.25, -0.2) is 0 Å². The number of aliphatic imine (C=N–C) groups is 1. The normalized spacial score (nSPS) is 21.7. The zero-order valence-corrected chi connectivity index (χ0v) is 16.5. The van der Waals surface area contributed by atoms with Gasteiger partial charge in [-0.15, -0.1) is 24.0 Å². The summed E-state index contributed by atoms with van der Waals surface area (Å²) in [5.74, 6) is 1.65. The van der Waals surface area contributed by atoms with Crippen molar-refractivity contribution in [3.05, 3.63) is 0 Å². The first-order valence-electron chi connectivity index (χ1n) is 8.19. The third-order valence-electron chi connectivity index (χ3n) is 4.16. The smallest absolute Gasteiger partial charge is 0.305 e. The van der Waals surface area contributed by atoms with E-state index in [9.17, 15) is 4.79 Å². The Hall–Kier alpha value is -0.530. The Bertz CT molecular complexity index is 329. The Kier molecular flexibility index (Phi) is 12.6. The summed E-state index contributed by atoms with van der Waals surface area (Å²) in [4.78, 5) is 15.3. The summed E-state index contributed by atoms with van der Waals surface area (Å²) in [5, 5.41) is 6.86. The van der Waals surface area contributed by atoms with Crippen LogP contribution in [0.1, 0.15) is 58.3 Å². The third kappa shape index (κ3) is 9.48. The summed E-state index contributed by atoms with van der Waals surface area (Å²) in [6, 6.07) is 0.562. The van der Waals surface area contributed by atoms with Gasteiger partial charge in [-0.3, -0.25) is 9.79 Å². The van der Waals surface area contributed by atoms with E-state index >= 15 is 0 Å². The second-order valence-corrected chi connectivity index (χ2v) is 5.99. The molecule has 0 saturated heterocycles. The largest absolute Gasteiger partial charge is 0.469 e. The molecule has 2 N–H and O–H groups in total. The summed E-state index contributed by atoms with van der Waals surface area (Å²) >= 11 is 0. The van der Waals surface area contributed by atoms with Crippen molar-refractivity contribution in [1.29, 1.82) is 0 Å². The molecule has 1 aliphatic carbocycles. The number of methoxy groups -OCH3 is 1. The summed E-state index contributed by atoms with van der Waals surface area (Å²) < 4.78 is 4.62. The van der Waals surface area contributed by atoms with Gasteiger partial charge in [-0.05, 0) is 44.4 Å². The predicted molar refractivity (Wildman–Crippen MR) is 102 cm³/mol. The average molecular weight is 425 g/mol. The maximum absolute atomic E-state index is 11.0. The van der Waals surface area contributed by atoms with E-state index in [-0.39, 0.29) is 29.9 Å². The van der Waals surface area contributed by atoms with Crippen molar-refractivity contribution in [2.45, 2.75) is 64.3 Å². The van der Waals surface area contributed by atoms with Gasteiger partial charge in [0.1, 0.15) is 0 Å². The molecule has 0 aromatic carbocycles. The number of carbonyl (C=O) groups is 1. The molecule has 0 heterocycles. The molecule has 130 valence electrons. The molecule has 0 bridgehead atoms. The molecule has 1 fully saturated rings. The number of halogens is 1. The monoisotopic (exact) mass is 425 g/mol. The van der Waals surface area contributed by atoms with E-state index in [2.05, 4.69) is 27.3 Å². The van der Waals surface area contributed by atoms with E-state index in [1.807, 2.05) is 7.05 Å². The van der Waals surface area contributed by atoms with Crippen molar-refractivity contribution in [2.75, 3.05) is 20.7 Å². The van der Waals surface area contributed by atoms with Gasteiger partial charge in [-0.1, -0.05) is 13.3 Å². The molecule has 0 amide bonds. The van der Waals surface area contributed by atoms with Crippen LogP contribution in [0.4, 0.5) is 0 Å². The molecular formula is C16H32IN3O2. The van der Waals surface area contributed by atoms with Gasteiger partial charge in [0.2, 0.25) is 0 Å². The number of hydrogen-bond acceptors (Lipinski definition) is 3. The molecule has 1 rings (SSSR count). The Morgan fingerprint density at radius 3 is 2.45 bits per heavy atom. The van der Waals surface area contributed by atoms with Crippen molar-refractivity contribution in [1.82, 2.24) is 10.6 Å². The molecule has 0 aliphatic heterocycles. The minimum atomic E-state index is -0.119. The highest BCUT2D eigenvalue weighted by atomic mass is 127. The molecule has 1 aliphatic rings. The van der Waals surface area contributed by atoms with Crippen LogP contribution >= 0.6 is 24.0 Å². The van der Waals surface area contributed by atoms with Crippen LogP contribution in [-0.2, 0) is 9.53 Å². The Morgan fingerprint density at radius 1 is 1.18 bits per heavy atom. The Morgan fingerprint density at radius 2 is 1.86 bits per heavy atom. The zero-order valence-electron chi connectivity index (χ0n) is 14.2. The van der Waals surface area contributed by atoms with Gasteiger partial charge in [0, 0.05) is 26.1 Å². The summed E-state index contributed by atoms with van der Waals surface area (Å²) in [6.45, 7) is 3.22. The van der Waals surface area contributed by atoms with Gasteiger partial charge < -0.3 is 15.4 Å². The second-order valence-electron chi connectivity index (χ2n) is 5.99.